The Bertz CT molecular complexity index is 1100. The lowest BCUT2D eigenvalue weighted by molar-refractivity contribution is -0.384. The summed E-state index contributed by atoms with van der Waals surface area (Å²) in [6, 6.07) is 13.6. The fourth-order valence-electron chi connectivity index (χ4n) is 3.03. The molecule has 0 radical (unpaired) electrons. The average Bonchev–Trinajstić information content (AvgIpc) is 3.05. The summed E-state index contributed by atoms with van der Waals surface area (Å²) in [6.45, 7) is 4.83. The van der Waals surface area contributed by atoms with Gasteiger partial charge in [0, 0.05) is 33.6 Å². The number of aryl methyl sites for hydroxylation is 1. The number of nitro groups is 1. The number of carbonyl (C=O) groups is 1. The van der Waals surface area contributed by atoms with Gasteiger partial charge in [-0.3, -0.25) is 14.9 Å². The van der Waals surface area contributed by atoms with Crippen LogP contribution in [0.15, 0.2) is 58.0 Å². The minimum atomic E-state index is -0.489. The smallest absolute Gasteiger partial charge is 0.279 e. The minimum Gasteiger partial charge on any atom is -0.316 e. The largest absolute Gasteiger partial charge is 0.316 e. The molecule has 0 aliphatic heterocycles. The Hall–Kier alpha value is -2.58. The molecule has 1 amide bonds. The van der Waals surface area contributed by atoms with Crippen LogP contribution in [0.2, 0.25) is 0 Å². The molecule has 0 bridgehead atoms. The van der Waals surface area contributed by atoms with Crippen LogP contribution in [0.25, 0.3) is 11.3 Å². The van der Waals surface area contributed by atoms with Crippen LogP contribution in [-0.2, 0) is 13.0 Å². The number of nitro benzene ring substituents is 1. The van der Waals surface area contributed by atoms with E-state index in [2.05, 4.69) is 44.5 Å². The Labute approximate surface area is 180 Å². The molecule has 0 atom stereocenters. The first-order valence-corrected chi connectivity index (χ1v) is 10.9. The maximum absolute atomic E-state index is 12.7. The van der Waals surface area contributed by atoms with E-state index in [-0.39, 0.29) is 5.69 Å². The molecule has 6 nitrogen and oxygen atoms in total. The van der Waals surface area contributed by atoms with E-state index in [9.17, 15) is 14.9 Å². The average molecular weight is 474 g/mol. The van der Waals surface area contributed by atoms with Gasteiger partial charge in [-0.1, -0.05) is 41.4 Å². The van der Waals surface area contributed by atoms with Crippen molar-refractivity contribution in [2.24, 2.45) is 4.99 Å². The van der Waals surface area contributed by atoms with E-state index in [0.717, 1.165) is 28.6 Å². The van der Waals surface area contributed by atoms with E-state index < -0.39 is 10.8 Å². The molecule has 0 spiro atoms. The molecule has 0 fully saturated rings. The number of hydrogen-bond acceptors (Lipinski definition) is 4. The lowest BCUT2D eigenvalue weighted by atomic mass is 10.1. The van der Waals surface area contributed by atoms with E-state index in [0.29, 0.717) is 16.9 Å². The van der Waals surface area contributed by atoms with Gasteiger partial charge in [0.15, 0.2) is 4.80 Å². The third-order valence-corrected chi connectivity index (χ3v) is 6.08. The van der Waals surface area contributed by atoms with Gasteiger partial charge in [-0.25, -0.2) is 0 Å². The first kappa shape index (κ1) is 21.1. The Morgan fingerprint density at radius 1 is 1.14 bits per heavy atom. The van der Waals surface area contributed by atoms with E-state index in [1.165, 1.54) is 40.5 Å². The quantitative estimate of drug-likeness (QED) is 0.345. The van der Waals surface area contributed by atoms with Crippen molar-refractivity contribution in [3.05, 3.63) is 78.4 Å². The molecule has 0 unspecified atom stereocenters. The van der Waals surface area contributed by atoms with E-state index in [4.69, 9.17) is 0 Å². The molecule has 8 heteroatoms. The number of nitrogens with zero attached hydrogens (tertiary/aromatic N) is 3. The van der Waals surface area contributed by atoms with Crippen LogP contribution >= 0.6 is 27.3 Å². The van der Waals surface area contributed by atoms with Gasteiger partial charge in [-0.2, -0.15) is 4.99 Å². The topological polar surface area (TPSA) is 77.5 Å². The summed E-state index contributed by atoms with van der Waals surface area (Å²) in [5.41, 5.74) is 2.44. The van der Waals surface area contributed by atoms with E-state index >= 15 is 0 Å². The van der Waals surface area contributed by atoms with Gasteiger partial charge in [0.25, 0.3) is 11.6 Å². The number of hydrogen-bond donors (Lipinski definition) is 0. The molecular formula is C21H20BrN3O3S. The standard InChI is InChI=1S/C21H20BrN3O3S/c1-3-5-18-19(14-6-10-16(22)11-7-14)24(4-2)21(29-18)23-20(26)15-8-12-17(13-9-15)25(27)28/h6-13H,3-5H2,1-2H3. The number of non-ortho nitro benzene ring substituents is 1. The highest BCUT2D eigenvalue weighted by Crippen LogP contribution is 2.28. The molecule has 1 aromatic heterocycles. The zero-order chi connectivity index (χ0) is 21.0. The zero-order valence-corrected chi connectivity index (χ0v) is 18.5. The molecule has 3 rings (SSSR count). The minimum absolute atomic E-state index is 0.0518. The molecular weight excluding hydrogens is 454 g/mol. The third kappa shape index (κ3) is 4.71. The second-order valence-corrected chi connectivity index (χ2v) is 8.36. The first-order valence-electron chi connectivity index (χ1n) is 9.26. The Morgan fingerprint density at radius 3 is 2.34 bits per heavy atom. The fraction of sp³-hybridized carbons (Fsp3) is 0.238. The number of rotatable bonds is 6. The van der Waals surface area contributed by atoms with Gasteiger partial charge in [0.05, 0.1) is 10.6 Å². The summed E-state index contributed by atoms with van der Waals surface area (Å²) in [7, 11) is 0. The summed E-state index contributed by atoms with van der Waals surface area (Å²) in [4.78, 5) is 29.2. The normalized spacial score (nSPS) is 11.6. The number of aromatic nitrogens is 1. The number of thiazole rings is 1. The fourth-order valence-corrected chi connectivity index (χ4v) is 4.61. The molecule has 29 heavy (non-hydrogen) atoms. The van der Waals surface area contributed by atoms with Crippen molar-refractivity contribution in [1.29, 1.82) is 0 Å². The zero-order valence-electron chi connectivity index (χ0n) is 16.1. The number of carbonyl (C=O) groups excluding carboxylic acids is 1. The summed E-state index contributed by atoms with van der Waals surface area (Å²) >= 11 is 4.99. The van der Waals surface area contributed by atoms with Gasteiger partial charge in [0.1, 0.15) is 0 Å². The van der Waals surface area contributed by atoms with Crippen molar-refractivity contribution in [2.45, 2.75) is 33.2 Å². The second kappa shape index (κ2) is 9.28. The summed E-state index contributed by atoms with van der Waals surface area (Å²) in [5.74, 6) is -0.409. The predicted molar refractivity (Wildman–Crippen MR) is 118 cm³/mol. The Morgan fingerprint density at radius 2 is 1.79 bits per heavy atom. The first-order chi connectivity index (χ1) is 13.9. The molecule has 1 heterocycles. The summed E-state index contributed by atoms with van der Waals surface area (Å²) in [5, 5.41) is 10.8. The second-order valence-electron chi connectivity index (χ2n) is 6.38. The molecule has 3 aromatic rings. The van der Waals surface area contributed by atoms with Gasteiger partial charge >= 0.3 is 0 Å². The van der Waals surface area contributed by atoms with Crippen LogP contribution in [-0.4, -0.2) is 15.4 Å². The highest BCUT2D eigenvalue weighted by Gasteiger charge is 2.16. The summed E-state index contributed by atoms with van der Waals surface area (Å²) < 4.78 is 3.07. The number of halogens is 1. The molecule has 2 aromatic carbocycles. The third-order valence-electron chi connectivity index (χ3n) is 4.41. The Kier molecular flexibility index (Phi) is 6.76. The van der Waals surface area contributed by atoms with Crippen molar-refractivity contribution < 1.29 is 9.72 Å². The lowest BCUT2D eigenvalue weighted by Crippen LogP contribution is -2.17. The number of amides is 1. The maximum Gasteiger partial charge on any atom is 0.279 e. The number of benzene rings is 2. The van der Waals surface area contributed by atoms with Crippen LogP contribution in [0, 0.1) is 10.1 Å². The van der Waals surface area contributed by atoms with Gasteiger partial charge < -0.3 is 4.57 Å². The van der Waals surface area contributed by atoms with E-state index in [1.807, 2.05) is 19.1 Å². The van der Waals surface area contributed by atoms with Gasteiger partial charge in [-0.15, -0.1) is 11.3 Å². The molecule has 0 aliphatic rings. The van der Waals surface area contributed by atoms with Crippen LogP contribution in [0.1, 0.15) is 35.5 Å². The monoisotopic (exact) mass is 473 g/mol. The highest BCUT2D eigenvalue weighted by atomic mass is 79.9. The SMILES string of the molecule is CCCc1sc(=NC(=O)c2ccc([N+](=O)[O-])cc2)n(CC)c1-c1ccc(Br)cc1. The predicted octanol–water partition coefficient (Wildman–Crippen LogP) is 5.60. The molecule has 0 aliphatic carbocycles. The van der Waals surface area contributed by atoms with Crippen LogP contribution < -0.4 is 4.80 Å². The van der Waals surface area contributed by atoms with Gasteiger partial charge in [0.2, 0.25) is 0 Å². The molecule has 150 valence electrons. The van der Waals surface area contributed by atoms with Crippen molar-refractivity contribution in [1.82, 2.24) is 4.57 Å². The van der Waals surface area contributed by atoms with Crippen molar-refractivity contribution in [3.63, 3.8) is 0 Å². The molecule has 0 saturated heterocycles. The van der Waals surface area contributed by atoms with Crippen molar-refractivity contribution in [3.8, 4) is 11.3 Å². The summed E-state index contributed by atoms with van der Waals surface area (Å²) in [6.07, 6.45) is 1.89. The molecule has 0 saturated carbocycles. The van der Waals surface area contributed by atoms with Crippen molar-refractivity contribution >= 4 is 38.9 Å². The van der Waals surface area contributed by atoms with Crippen LogP contribution in [0.5, 0.6) is 0 Å². The lowest BCUT2D eigenvalue weighted by Gasteiger charge is -2.09. The highest BCUT2D eigenvalue weighted by molar-refractivity contribution is 9.10. The van der Waals surface area contributed by atoms with Crippen LogP contribution in [0.4, 0.5) is 5.69 Å². The van der Waals surface area contributed by atoms with Crippen LogP contribution in [0.3, 0.4) is 0 Å². The van der Waals surface area contributed by atoms with Gasteiger partial charge in [-0.05, 0) is 43.2 Å². The molecule has 0 N–H and O–H groups in total. The Balaban J connectivity index is 2.08. The van der Waals surface area contributed by atoms with E-state index in [1.54, 1.807) is 0 Å². The maximum atomic E-state index is 12.7. The van der Waals surface area contributed by atoms with Crippen molar-refractivity contribution in [2.75, 3.05) is 0 Å².